The molecule has 1 aliphatic carbocycles. The molecule has 1 fully saturated rings. The number of nitrogens with zero attached hydrogens (tertiary/aromatic N) is 2. The summed E-state index contributed by atoms with van der Waals surface area (Å²) in [5.74, 6) is 0.380. The molecule has 0 saturated heterocycles. The number of imidazole rings is 1. The molecular weight excluding hydrogens is 574 g/mol. The summed E-state index contributed by atoms with van der Waals surface area (Å²) in [6.07, 6.45) is 6.50. The average molecular weight is 612 g/mol. The lowest BCUT2D eigenvalue weighted by atomic mass is 9.77. The maximum absolute atomic E-state index is 14.0. The Kier molecular flexibility index (Phi) is 10.7. The van der Waals surface area contributed by atoms with Crippen LogP contribution in [-0.2, 0) is 29.2 Å². The van der Waals surface area contributed by atoms with E-state index in [2.05, 4.69) is 33.2 Å². The maximum atomic E-state index is 14.0. The Morgan fingerprint density at radius 3 is 2.25 bits per heavy atom. The van der Waals surface area contributed by atoms with Crippen LogP contribution in [0, 0.1) is 5.92 Å². The molecule has 0 spiro atoms. The van der Waals surface area contributed by atoms with Crippen molar-refractivity contribution in [3.8, 4) is 5.75 Å². The molecule has 4 aromatic rings. The second-order valence-electron chi connectivity index (χ2n) is 11.0. The van der Waals surface area contributed by atoms with Crippen molar-refractivity contribution in [2.75, 3.05) is 6.54 Å². The van der Waals surface area contributed by atoms with Gasteiger partial charge in [-0.15, -0.1) is 0 Å². The number of carbonyl (C=O) groups is 3. The van der Waals surface area contributed by atoms with Gasteiger partial charge in [-0.2, -0.15) is 0 Å². The molecule has 10 heteroatoms. The van der Waals surface area contributed by atoms with E-state index in [1.54, 1.807) is 6.20 Å². The molecule has 2 unspecified atom stereocenters. The van der Waals surface area contributed by atoms with Gasteiger partial charge in [0.2, 0.25) is 11.8 Å². The molecule has 1 aliphatic rings. The largest absolute Gasteiger partial charge is 0.489 e. The van der Waals surface area contributed by atoms with Crippen molar-refractivity contribution < 1.29 is 19.1 Å². The minimum absolute atomic E-state index is 0.131. The lowest BCUT2D eigenvalue weighted by Gasteiger charge is -2.35. The molecule has 1 saturated carbocycles. The van der Waals surface area contributed by atoms with Gasteiger partial charge < -0.3 is 25.3 Å². The number of H-pyrrole nitrogens is 1. The third-order valence-corrected chi connectivity index (χ3v) is 7.99. The van der Waals surface area contributed by atoms with E-state index >= 15 is 0 Å². The zero-order chi connectivity index (χ0) is 30.7. The van der Waals surface area contributed by atoms with E-state index in [1.165, 1.54) is 11.2 Å². The van der Waals surface area contributed by atoms with Gasteiger partial charge in [0.25, 0.3) is 5.24 Å². The van der Waals surface area contributed by atoms with Crippen molar-refractivity contribution >= 4 is 29.7 Å². The quantitative estimate of drug-likeness (QED) is 0.146. The molecule has 228 valence electrons. The van der Waals surface area contributed by atoms with E-state index in [-0.39, 0.29) is 31.5 Å². The first-order valence-corrected chi connectivity index (χ1v) is 15.2. The minimum atomic E-state index is -0.946. The van der Waals surface area contributed by atoms with Gasteiger partial charge in [0.1, 0.15) is 18.4 Å². The van der Waals surface area contributed by atoms with Crippen LogP contribution in [0.25, 0.3) is 0 Å². The first-order chi connectivity index (χ1) is 21.4. The summed E-state index contributed by atoms with van der Waals surface area (Å²) in [5.41, 5.74) is 3.59. The number of thiol groups is 1. The van der Waals surface area contributed by atoms with Crippen LogP contribution in [0.15, 0.2) is 97.5 Å². The van der Waals surface area contributed by atoms with Crippen LogP contribution < -0.4 is 15.4 Å². The van der Waals surface area contributed by atoms with Gasteiger partial charge in [0.05, 0.1) is 18.9 Å². The van der Waals surface area contributed by atoms with E-state index in [4.69, 9.17) is 4.74 Å². The highest BCUT2D eigenvalue weighted by atomic mass is 32.1. The Bertz CT molecular complexity index is 1500. The summed E-state index contributed by atoms with van der Waals surface area (Å²) in [4.78, 5) is 48.0. The van der Waals surface area contributed by atoms with Crippen molar-refractivity contribution in [3.63, 3.8) is 0 Å². The highest BCUT2D eigenvalue weighted by molar-refractivity contribution is 7.96. The van der Waals surface area contributed by atoms with Crippen molar-refractivity contribution in [2.24, 2.45) is 5.92 Å². The van der Waals surface area contributed by atoms with Crippen molar-refractivity contribution in [3.05, 3.63) is 120 Å². The smallest absolute Gasteiger partial charge is 0.276 e. The van der Waals surface area contributed by atoms with Crippen LogP contribution in [0.1, 0.15) is 47.7 Å². The van der Waals surface area contributed by atoms with E-state index in [1.807, 2.05) is 84.9 Å². The molecule has 3 N–H and O–H groups in total. The second-order valence-corrected chi connectivity index (χ2v) is 11.4. The third-order valence-electron chi connectivity index (χ3n) is 7.86. The number of aromatic amines is 1. The Morgan fingerprint density at radius 1 is 0.932 bits per heavy atom. The number of nitrogens with one attached hydrogen (secondary N) is 3. The molecule has 1 aromatic heterocycles. The van der Waals surface area contributed by atoms with Gasteiger partial charge >= 0.3 is 0 Å². The molecule has 5 rings (SSSR count). The predicted octanol–water partition coefficient (Wildman–Crippen LogP) is 5.23. The van der Waals surface area contributed by atoms with Gasteiger partial charge in [0.15, 0.2) is 0 Å². The summed E-state index contributed by atoms with van der Waals surface area (Å²) in [5, 5.41) is 5.20. The van der Waals surface area contributed by atoms with Gasteiger partial charge in [-0.3, -0.25) is 14.4 Å². The predicted molar refractivity (Wildman–Crippen MR) is 171 cm³/mol. The number of amides is 3. The topological polar surface area (TPSA) is 116 Å². The standard InChI is InChI=1S/C34H37N5O4S/c40-31(38-32(27-12-7-13-27)26-10-5-2-6-11-26)21-39(33(41)30(37-34(42)44)18-28-19-35-23-36-28)20-24-14-16-29(17-15-24)43-22-25-8-3-1-4-9-25/h1-6,8-11,14-17,19,23,27,30,32H,7,12-13,18,20-22H2,(H,35,36)(H,38,40)(H2,37,42,44). The SMILES string of the molecule is O=C(S)NC(Cc1cnc[nH]1)C(=O)N(CC(=O)NC(c1ccccc1)C1CCC1)Cc1ccc(OCc2ccccc2)cc1. The Balaban J connectivity index is 1.32. The first kappa shape index (κ1) is 30.9. The van der Waals surface area contributed by atoms with Crippen LogP contribution in [0.5, 0.6) is 5.75 Å². The van der Waals surface area contributed by atoms with E-state index in [0.717, 1.165) is 36.0 Å². The van der Waals surface area contributed by atoms with Crippen molar-refractivity contribution in [1.29, 1.82) is 0 Å². The highest BCUT2D eigenvalue weighted by Crippen LogP contribution is 2.37. The fourth-order valence-electron chi connectivity index (χ4n) is 5.35. The monoisotopic (exact) mass is 611 g/mol. The van der Waals surface area contributed by atoms with Crippen LogP contribution in [0.4, 0.5) is 4.79 Å². The molecule has 9 nitrogen and oxygen atoms in total. The summed E-state index contributed by atoms with van der Waals surface area (Å²) in [6, 6.07) is 26.2. The zero-order valence-corrected chi connectivity index (χ0v) is 25.3. The normalized spacial score (nSPS) is 14.1. The molecule has 1 heterocycles. The molecule has 2 atom stereocenters. The summed E-state index contributed by atoms with van der Waals surface area (Å²) < 4.78 is 5.92. The first-order valence-electron chi connectivity index (χ1n) is 14.8. The molecule has 0 radical (unpaired) electrons. The van der Waals surface area contributed by atoms with Crippen molar-refractivity contribution in [1.82, 2.24) is 25.5 Å². The minimum Gasteiger partial charge on any atom is -0.489 e. The number of hydrogen-bond donors (Lipinski definition) is 4. The van der Waals surface area contributed by atoms with Gasteiger partial charge in [-0.1, -0.05) is 91.8 Å². The number of rotatable bonds is 14. The van der Waals surface area contributed by atoms with Crippen LogP contribution >= 0.6 is 12.6 Å². The summed E-state index contributed by atoms with van der Waals surface area (Å²) in [6.45, 7) is 0.420. The molecule has 3 amide bonds. The van der Waals surface area contributed by atoms with Gasteiger partial charge in [0, 0.05) is 24.9 Å². The number of aromatic nitrogens is 2. The van der Waals surface area contributed by atoms with Gasteiger partial charge in [-0.05, 0) is 47.6 Å². The number of hydrogen-bond acceptors (Lipinski definition) is 5. The number of ether oxygens (including phenoxy) is 1. The highest BCUT2D eigenvalue weighted by Gasteiger charge is 2.32. The fraction of sp³-hybridized carbons (Fsp3) is 0.294. The lowest BCUT2D eigenvalue weighted by molar-refractivity contribution is -0.138. The third kappa shape index (κ3) is 8.73. The number of benzene rings is 3. The van der Waals surface area contributed by atoms with E-state index in [0.29, 0.717) is 24.0 Å². The number of carbonyl (C=O) groups excluding carboxylic acids is 3. The fourth-order valence-corrected chi connectivity index (χ4v) is 5.51. The average Bonchev–Trinajstić information content (AvgIpc) is 3.52. The molecule has 0 bridgehead atoms. The van der Waals surface area contributed by atoms with Crippen LogP contribution in [0.2, 0.25) is 0 Å². The second kappa shape index (κ2) is 15.2. The maximum Gasteiger partial charge on any atom is 0.276 e. The molecular formula is C34H37N5O4S. The Labute approximate surface area is 262 Å². The zero-order valence-electron chi connectivity index (χ0n) is 24.4. The Hall–Kier alpha value is -4.57. The van der Waals surface area contributed by atoms with E-state index in [9.17, 15) is 14.4 Å². The molecule has 44 heavy (non-hydrogen) atoms. The summed E-state index contributed by atoms with van der Waals surface area (Å²) in [7, 11) is 0. The van der Waals surface area contributed by atoms with Crippen LogP contribution in [-0.4, -0.2) is 44.5 Å². The lowest BCUT2D eigenvalue weighted by Crippen LogP contribution is -2.51. The summed E-state index contributed by atoms with van der Waals surface area (Å²) >= 11 is 3.86. The molecule has 3 aromatic carbocycles. The van der Waals surface area contributed by atoms with Crippen LogP contribution in [0.3, 0.4) is 0 Å². The van der Waals surface area contributed by atoms with Gasteiger partial charge in [-0.25, -0.2) is 4.98 Å². The van der Waals surface area contributed by atoms with E-state index < -0.39 is 17.2 Å². The molecule has 0 aliphatic heterocycles. The Morgan fingerprint density at radius 2 is 1.64 bits per heavy atom. The van der Waals surface area contributed by atoms with Crippen molar-refractivity contribution in [2.45, 2.75) is 50.9 Å².